The molecule has 4 aromatic rings. The molecule has 2 heterocycles. The van der Waals surface area contributed by atoms with E-state index in [-0.39, 0.29) is 12.5 Å². The van der Waals surface area contributed by atoms with Gasteiger partial charge < -0.3 is 15.2 Å². The van der Waals surface area contributed by atoms with E-state index in [1.54, 1.807) is 36.7 Å². The zero-order valence-corrected chi connectivity index (χ0v) is 17.9. The van der Waals surface area contributed by atoms with Crippen molar-refractivity contribution in [3.8, 4) is 22.9 Å². The number of pyridine rings is 1. The van der Waals surface area contributed by atoms with Gasteiger partial charge in [-0.2, -0.15) is 18.3 Å². The van der Waals surface area contributed by atoms with Gasteiger partial charge in [-0.15, -0.1) is 0 Å². The van der Waals surface area contributed by atoms with Crippen LogP contribution in [-0.4, -0.2) is 43.3 Å². The molecule has 0 fully saturated rings. The topological polar surface area (TPSA) is 130 Å². The molecule has 4 rings (SSSR count). The molecule has 180 valence electrons. The van der Waals surface area contributed by atoms with E-state index in [0.717, 1.165) is 5.56 Å². The van der Waals surface area contributed by atoms with Gasteiger partial charge in [-0.3, -0.25) is 14.9 Å². The molecule has 0 unspecified atom stereocenters. The molecule has 3 N–H and O–H groups in total. The molecular formula is C23H18F3N5O4. The number of benzene rings is 2. The lowest BCUT2D eigenvalue weighted by Crippen LogP contribution is -2.23. The number of H-pyrrole nitrogens is 1. The highest BCUT2D eigenvalue weighted by Crippen LogP contribution is 2.22. The van der Waals surface area contributed by atoms with Crippen LogP contribution in [0.4, 0.5) is 13.2 Å². The first-order valence-corrected chi connectivity index (χ1v) is 9.95. The largest absolute Gasteiger partial charge is 0.490 e. The number of nitrogens with one attached hydrogen (secondary N) is 2. The highest BCUT2D eigenvalue weighted by molar-refractivity contribution is 5.94. The lowest BCUT2D eigenvalue weighted by atomic mass is 10.2. The minimum Gasteiger partial charge on any atom is -0.475 e. The number of carbonyl (C=O) groups is 2. The number of aromatic amines is 1. The normalized spacial score (nSPS) is 10.6. The van der Waals surface area contributed by atoms with Crippen LogP contribution in [0.1, 0.15) is 16.2 Å². The van der Waals surface area contributed by atoms with Gasteiger partial charge in [-0.05, 0) is 42.5 Å². The van der Waals surface area contributed by atoms with Gasteiger partial charge in [0.1, 0.15) is 17.3 Å². The fourth-order valence-corrected chi connectivity index (χ4v) is 2.60. The van der Waals surface area contributed by atoms with Gasteiger partial charge in [0, 0.05) is 23.5 Å². The summed E-state index contributed by atoms with van der Waals surface area (Å²) < 4.78 is 37.5. The number of ether oxygens (including phenoxy) is 1. The van der Waals surface area contributed by atoms with E-state index in [4.69, 9.17) is 14.6 Å². The Kier molecular flexibility index (Phi) is 8.11. The van der Waals surface area contributed by atoms with Crippen LogP contribution in [0.5, 0.6) is 11.5 Å². The Hall–Kier alpha value is -4.74. The monoisotopic (exact) mass is 485 g/mol. The summed E-state index contributed by atoms with van der Waals surface area (Å²) in [5, 5.41) is 17.0. The minimum absolute atomic E-state index is 0.222. The van der Waals surface area contributed by atoms with E-state index in [1.807, 2.05) is 42.5 Å². The zero-order valence-electron chi connectivity index (χ0n) is 17.9. The van der Waals surface area contributed by atoms with Gasteiger partial charge >= 0.3 is 12.1 Å². The molecule has 0 atom stereocenters. The molecule has 12 heteroatoms. The van der Waals surface area contributed by atoms with Crippen molar-refractivity contribution in [2.45, 2.75) is 12.7 Å². The summed E-state index contributed by atoms with van der Waals surface area (Å²) in [5.41, 5.74) is 1.36. The lowest BCUT2D eigenvalue weighted by molar-refractivity contribution is -0.192. The fraction of sp³-hybridized carbons (Fsp3) is 0.0870. The van der Waals surface area contributed by atoms with Crippen LogP contribution in [0.25, 0.3) is 11.4 Å². The number of hydrogen-bond acceptors (Lipinski definition) is 6. The van der Waals surface area contributed by atoms with E-state index in [2.05, 4.69) is 25.5 Å². The summed E-state index contributed by atoms with van der Waals surface area (Å²) in [4.78, 5) is 29.7. The molecule has 0 aliphatic rings. The summed E-state index contributed by atoms with van der Waals surface area (Å²) in [7, 11) is 0. The van der Waals surface area contributed by atoms with E-state index >= 15 is 0 Å². The van der Waals surface area contributed by atoms with Crippen LogP contribution >= 0.6 is 0 Å². The highest BCUT2D eigenvalue weighted by atomic mass is 19.4. The van der Waals surface area contributed by atoms with Crippen LogP contribution in [0.3, 0.4) is 0 Å². The van der Waals surface area contributed by atoms with Crippen molar-refractivity contribution in [2.75, 3.05) is 0 Å². The molecular weight excluding hydrogens is 467 g/mol. The molecule has 0 aliphatic carbocycles. The van der Waals surface area contributed by atoms with E-state index in [9.17, 15) is 18.0 Å². The van der Waals surface area contributed by atoms with E-state index < -0.39 is 12.1 Å². The zero-order chi connectivity index (χ0) is 25.3. The summed E-state index contributed by atoms with van der Waals surface area (Å²) in [6, 6.07) is 20.1. The predicted octanol–water partition coefficient (Wildman–Crippen LogP) is 4.22. The second-order valence-corrected chi connectivity index (χ2v) is 6.77. The third kappa shape index (κ3) is 7.67. The maximum atomic E-state index is 12.5. The number of aromatic nitrogens is 4. The molecule has 0 spiro atoms. The van der Waals surface area contributed by atoms with Gasteiger partial charge in [-0.1, -0.05) is 24.3 Å². The van der Waals surface area contributed by atoms with Crippen molar-refractivity contribution < 1.29 is 32.6 Å². The van der Waals surface area contributed by atoms with Crippen molar-refractivity contribution in [1.29, 1.82) is 0 Å². The maximum absolute atomic E-state index is 12.5. The van der Waals surface area contributed by atoms with Gasteiger partial charge in [0.25, 0.3) is 5.91 Å². The van der Waals surface area contributed by atoms with Crippen molar-refractivity contribution in [2.24, 2.45) is 0 Å². The average Bonchev–Trinajstić information content (AvgIpc) is 3.33. The summed E-state index contributed by atoms with van der Waals surface area (Å²) in [5.74, 6) is -0.543. The Morgan fingerprint density at radius 1 is 0.971 bits per heavy atom. The van der Waals surface area contributed by atoms with Crippen LogP contribution in [-0.2, 0) is 11.3 Å². The van der Waals surface area contributed by atoms with Crippen molar-refractivity contribution in [3.63, 3.8) is 0 Å². The number of aliphatic carboxylic acids is 1. The van der Waals surface area contributed by atoms with Gasteiger partial charge in [-0.25, -0.2) is 9.78 Å². The second kappa shape index (κ2) is 11.4. The standard InChI is InChI=1S/C21H17N5O2.C2HF3O2/c27-21(16-5-4-8-18(13-16)28-17-6-2-1-3-7-17)23-14-19-24-20(26-25-19)15-9-11-22-12-10-15;3-2(4,5)1(6)7/h1-13H,14H2,(H,23,27)(H,24,25,26);(H,6,7). The molecule has 9 nitrogen and oxygen atoms in total. The van der Waals surface area contributed by atoms with Gasteiger partial charge in [0.2, 0.25) is 0 Å². The number of carboxylic acids is 1. The number of amides is 1. The number of hydrogen-bond donors (Lipinski definition) is 3. The number of para-hydroxylation sites is 1. The molecule has 0 saturated heterocycles. The van der Waals surface area contributed by atoms with Crippen LogP contribution in [0.15, 0.2) is 79.1 Å². The number of carboxylic acid groups (broad SMARTS) is 1. The number of alkyl halides is 3. The first kappa shape index (κ1) is 24.9. The summed E-state index contributed by atoms with van der Waals surface area (Å²) in [6.45, 7) is 0.237. The van der Waals surface area contributed by atoms with Gasteiger partial charge in [0.05, 0.1) is 6.54 Å². The SMILES string of the molecule is O=C(NCc1nc(-c2ccncc2)n[nH]1)c1cccc(Oc2ccccc2)c1.O=C(O)C(F)(F)F. The number of nitrogens with zero attached hydrogens (tertiary/aromatic N) is 3. The quantitative estimate of drug-likeness (QED) is 0.373. The number of halogens is 3. The Morgan fingerprint density at radius 3 is 2.29 bits per heavy atom. The Morgan fingerprint density at radius 2 is 1.63 bits per heavy atom. The van der Waals surface area contributed by atoms with E-state index in [1.165, 1.54) is 0 Å². The molecule has 0 bridgehead atoms. The summed E-state index contributed by atoms with van der Waals surface area (Å²) >= 11 is 0. The Bertz CT molecular complexity index is 1260. The van der Waals surface area contributed by atoms with Crippen LogP contribution < -0.4 is 10.1 Å². The first-order chi connectivity index (χ1) is 16.7. The van der Waals surface area contributed by atoms with Crippen molar-refractivity contribution in [1.82, 2.24) is 25.5 Å². The third-order valence-electron chi connectivity index (χ3n) is 4.20. The molecule has 2 aromatic heterocycles. The molecule has 35 heavy (non-hydrogen) atoms. The van der Waals surface area contributed by atoms with Gasteiger partial charge in [0.15, 0.2) is 5.82 Å². The van der Waals surface area contributed by atoms with Crippen LogP contribution in [0.2, 0.25) is 0 Å². The Labute approximate surface area is 196 Å². The molecule has 0 aliphatic heterocycles. The van der Waals surface area contributed by atoms with E-state index in [0.29, 0.717) is 28.7 Å². The smallest absolute Gasteiger partial charge is 0.475 e. The lowest BCUT2D eigenvalue weighted by Gasteiger charge is -2.08. The molecule has 0 saturated carbocycles. The number of rotatable bonds is 6. The fourth-order valence-electron chi connectivity index (χ4n) is 2.60. The number of carbonyl (C=O) groups excluding carboxylic acids is 1. The summed E-state index contributed by atoms with van der Waals surface area (Å²) in [6.07, 6.45) is -1.73. The Balaban J connectivity index is 0.000000429. The highest BCUT2D eigenvalue weighted by Gasteiger charge is 2.38. The first-order valence-electron chi connectivity index (χ1n) is 9.95. The van der Waals surface area contributed by atoms with Crippen molar-refractivity contribution in [3.05, 3.63) is 90.5 Å². The molecule has 1 amide bonds. The second-order valence-electron chi connectivity index (χ2n) is 6.77. The average molecular weight is 485 g/mol. The maximum Gasteiger partial charge on any atom is 0.490 e. The minimum atomic E-state index is -5.08. The van der Waals surface area contributed by atoms with Crippen molar-refractivity contribution >= 4 is 11.9 Å². The predicted molar refractivity (Wildman–Crippen MR) is 117 cm³/mol. The molecule has 2 aromatic carbocycles. The third-order valence-corrected chi connectivity index (χ3v) is 4.20. The molecule has 0 radical (unpaired) electrons. The van der Waals surface area contributed by atoms with Crippen LogP contribution in [0, 0.1) is 0 Å².